The molecule has 3 fully saturated rings. The predicted molar refractivity (Wildman–Crippen MR) is 33.5 cm³/mol. The standard InChI is InChI=1S/C5H10NP/c7-5-1-4(2-5)6-3-5/h4,6H,1-3,7H2. The Balaban J connectivity index is 2.20. The maximum absolute atomic E-state index is 3.41. The Labute approximate surface area is 46.1 Å². The van der Waals surface area contributed by atoms with Gasteiger partial charge in [-0.25, -0.2) is 0 Å². The van der Waals surface area contributed by atoms with Gasteiger partial charge in [0.2, 0.25) is 0 Å². The van der Waals surface area contributed by atoms with Gasteiger partial charge in [0.1, 0.15) is 0 Å². The molecule has 7 heavy (non-hydrogen) atoms. The molecule has 1 aliphatic carbocycles. The van der Waals surface area contributed by atoms with Gasteiger partial charge in [-0.05, 0) is 12.8 Å². The molecule has 2 saturated heterocycles. The highest BCUT2D eigenvalue weighted by Crippen LogP contribution is 2.45. The van der Waals surface area contributed by atoms with E-state index in [4.69, 9.17) is 0 Å². The molecule has 1 atom stereocenters. The summed E-state index contributed by atoms with van der Waals surface area (Å²) in [5.41, 5.74) is 0. The highest BCUT2D eigenvalue weighted by Gasteiger charge is 2.46. The third-order valence-electron chi connectivity index (χ3n) is 2.05. The Hall–Kier alpha value is 0.390. The number of fused-ring (bicyclic) bond motifs is 1. The predicted octanol–water partition coefficient (Wildman–Crippen LogP) is 0.366. The van der Waals surface area contributed by atoms with E-state index in [1.54, 1.807) is 0 Å². The molecule has 1 saturated carbocycles. The van der Waals surface area contributed by atoms with Gasteiger partial charge in [0, 0.05) is 17.7 Å². The van der Waals surface area contributed by atoms with Crippen molar-refractivity contribution in [2.24, 2.45) is 0 Å². The summed E-state index contributed by atoms with van der Waals surface area (Å²) < 4.78 is 0. The van der Waals surface area contributed by atoms with E-state index in [-0.39, 0.29) is 0 Å². The first-order valence-corrected chi connectivity index (χ1v) is 3.39. The molecule has 0 aromatic heterocycles. The molecule has 0 aromatic carbocycles. The second-order valence-corrected chi connectivity index (χ2v) is 4.07. The second kappa shape index (κ2) is 1.04. The van der Waals surface area contributed by atoms with Crippen LogP contribution in [0.25, 0.3) is 0 Å². The Morgan fingerprint density at radius 1 is 1.57 bits per heavy atom. The summed E-state index contributed by atoms with van der Waals surface area (Å²) in [7, 11) is 2.93. The van der Waals surface area contributed by atoms with E-state index < -0.39 is 0 Å². The molecule has 0 aromatic rings. The fraction of sp³-hybridized carbons (Fsp3) is 1.00. The van der Waals surface area contributed by atoms with E-state index in [1.807, 2.05) is 0 Å². The van der Waals surface area contributed by atoms with Crippen LogP contribution < -0.4 is 5.32 Å². The average Bonchev–Trinajstić information content (AvgIpc) is 1.88. The monoisotopic (exact) mass is 115 g/mol. The highest BCUT2D eigenvalue weighted by atomic mass is 31.0. The van der Waals surface area contributed by atoms with Crippen LogP contribution in [0.3, 0.4) is 0 Å². The van der Waals surface area contributed by atoms with Crippen LogP contribution in [0, 0.1) is 0 Å². The van der Waals surface area contributed by atoms with Gasteiger partial charge >= 0.3 is 0 Å². The largest absolute Gasteiger partial charge is 0.313 e. The number of hydrogen-bond donors (Lipinski definition) is 1. The Morgan fingerprint density at radius 3 is 2.43 bits per heavy atom. The van der Waals surface area contributed by atoms with Gasteiger partial charge in [-0.1, -0.05) is 0 Å². The lowest BCUT2D eigenvalue weighted by Gasteiger charge is -2.32. The van der Waals surface area contributed by atoms with Gasteiger partial charge in [-0.15, -0.1) is 9.24 Å². The van der Waals surface area contributed by atoms with Crippen molar-refractivity contribution in [1.29, 1.82) is 0 Å². The molecular weight excluding hydrogens is 105 g/mol. The summed E-state index contributed by atoms with van der Waals surface area (Å²) in [6, 6.07) is 0.887. The lowest BCUT2D eigenvalue weighted by Crippen LogP contribution is -2.33. The van der Waals surface area contributed by atoms with Crippen LogP contribution in [-0.4, -0.2) is 17.7 Å². The zero-order valence-corrected chi connectivity index (χ0v) is 5.43. The van der Waals surface area contributed by atoms with E-state index in [0.29, 0.717) is 5.16 Å². The van der Waals surface area contributed by atoms with Crippen molar-refractivity contribution >= 4 is 9.24 Å². The summed E-state index contributed by atoms with van der Waals surface area (Å²) in [5.74, 6) is 0. The van der Waals surface area contributed by atoms with E-state index in [1.165, 1.54) is 19.4 Å². The van der Waals surface area contributed by atoms with Crippen LogP contribution in [-0.2, 0) is 0 Å². The molecule has 3 aliphatic rings. The van der Waals surface area contributed by atoms with Gasteiger partial charge in [-0.3, -0.25) is 0 Å². The maximum Gasteiger partial charge on any atom is 0.00854 e. The number of nitrogens with one attached hydrogen (secondary N) is 1. The third-order valence-corrected chi connectivity index (χ3v) is 2.72. The summed E-state index contributed by atoms with van der Waals surface area (Å²) in [4.78, 5) is 0. The van der Waals surface area contributed by atoms with E-state index in [0.717, 1.165) is 6.04 Å². The van der Waals surface area contributed by atoms with Crippen molar-refractivity contribution in [3.05, 3.63) is 0 Å². The number of hydrogen-bond acceptors (Lipinski definition) is 1. The minimum Gasteiger partial charge on any atom is -0.313 e. The summed E-state index contributed by atoms with van der Waals surface area (Å²) in [6.45, 7) is 1.24. The van der Waals surface area contributed by atoms with Gasteiger partial charge in [0.25, 0.3) is 0 Å². The van der Waals surface area contributed by atoms with Gasteiger partial charge in [0.15, 0.2) is 0 Å². The van der Waals surface area contributed by atoms with Crippen molar-refractivity contribution < 1.29 is 0 Å². The minimum absolute atomic E-state index is 0.644. The summed E-state index contributed by atoms with van der Waals surface area (Å²) in [6.07, 6.45) is 2.80. The molecule has 0 radical (unpaired) electrons. The average molecular weight is 115 g/mol. The zero-order valence-electron chi connectivity index (χ0n) is 4.28. The van der Waals surface area contributed by atoms with Gasteiger partial charge < -0.3 is 5.32 Å². The quantitative estimate of drug-likeness (QED) is 0.449. The van der Waals surface area contributed by atoms with Crippen molar-refractivity contribution in [2.45, 2.75) is 24.0 Å². The molecule has 2 bridgehead atoms. The second-order valence-electron chi connectivity index (χ2n) is 2.85. The van der Waals surface area contributed by atoms with Crippen LogP contribution in [0.5, 0.6) is 0 Å². The van der Waals surface area contributed by atoms with Crippen LogP contribution in [0.15, 0.2) is 0 Å². The Bertz CT molecular complexity index is 90.7. The molecule has 2 aliphatic heterocycles. The normalized spacial score (nSPS) is 57.0. The molecular formula is C5H10NP. The molecule has 0 amide bonds. The van der Waals surface area contributed by atoms with E-state index >= 15 is 0 Å². The van der Waals surface area contributed by atoms with Crippen LogP contribution in [0.1, 0.15) is 12.8 Å². The third kappa shape index (κ3) is 0.458. The van der Waals surface area contributed by atoms with Crippen molar-refractivity contribution in [1.82, 2.24) is 5.32 Å². The fourth-order valence-electron chi connectivity index (χ4n) is 1.56. The lowest BCUT2D eigenvalue weighted by molar-refractivity contribution is 0.410. The molecule has 1 N–H and O–H groups in total. The summed E-state index contributed by atoms with van der Waals surface area (Å²) in [5, 5.41) is 4.06. The van der Waals surface area contributed by atoms with Crippen LogP contribution in [0.2, 0.25) is 0 Å². The smallest absolute Gasteiger partial charge is 0.00854 e. The van der Waals surface area contributed by atoms with E-state index in [9.17, 15) is 0 Å². The molecule has 0 spiro atoms. The van der Waals surface area contributed by atoms with Crippen molar-refractivity contribution in [3.8, 4) is 0 Å². The number of rotatable bonds is 0. The molecule has 3 rings (SSSR count). The summed E-state index contributed by atoms with van der Waals surface area (Å²) >= 11 is 0. The first-order chi connectivity index (χ1) is 3.29. The Kier molecular flexibility index (Phi) is 0.634. The first kappa shape index (κ1) is 4.29. The first-order valence-electron chi connectivity index (χ1n) is 2.81. The topological polar surface area (TPSA) is 12.0 Å². The van der Waals surface area contributed by atoms with Gasteiger partial charge in [0.05, 0.1) is 0 Å². The lowest BCUT2D eigenvalue weighted by atomic mass is 9.85. The SMILES string of the molecule is PC12CNC(C1)C2. The Morgan fingerprint density at radius 2 is 2.29 bits per heavy atom. The van der Waals surface area contributed by atoms with E-state index in [2.05, 4.69) is 14.6 Å². The van der Waals surface area contributed by atoms with Crippen LogP contribution in [0.4, 0.5) is 0 Å². The fourth-order valence-corrected chi connectivity index (χ4v) is 2.24. The molecule has 1 unspecified atom stereocenters. The minimum atomic E-state index is 0.644. The van der Waals surface area contributed by atoms with Crippen molar-refractivity contribution in [2.75, 3.05) is 6.54 Å². The van der Waals surface area contributed by atoms with Crippen molar-refractivity contribution in [3.63, 3.8) is 0 Å². The van der Waals surface area contributed by atoms with Crippen LogP contribution >= 0.6 is 9.24 Å². The molecule has 40 valence electrons. The molecule has 2 heterocycles. The maximum atomic E-state index is 3.41. The zero-order chi connectivity index (χ0) is 4.91. The highest BCUT2D eigenvalue weighted by molar-refractivity contribution is 7.19. The van der Waals surface area contributed by atoms with Gasteiger partial charge in [-0.2, -0.15) is 0 Å². The molecule has 2 heteroatoms. The molecule has 1 nitrogen and oxygen atoms in total.